The highest BCUT2D eigenvalue weighted by Gasteiger charge is 2.35. The van der Waals surface area contributed by atoms with Crippen LogP contribution in [0.3, 0.4) is 0 Å². The molecular formula is C16H25N3O6. The summed E-state index contributed by atoms with van der Waals surface area (Å²) in [7, 11) is 4.30. The summed E-state index contributed by atoms with van der Waals surface area (Å²) in [6.07, 6.45) is 1.34. The fourth-order valence-electron chi connectivity index (χ4n) is 2.08. The maximum absolute atomic E-state index is 12.1. The Labute approximate surface area is 147 Å². The second-order valence-corrected chi connectivity index (χ2v) is 6.39. The van der Waals surface area contributed by atoms with E-state index in [1.54, 1.807) is 20.8 Å². The van der Waals surface area contributed by atoms with Crippen LogP contribution in [-0.2, 0) is 20.7 Å². The van der Waals surface area contributed by atoms with Crippen LogP contribution in [0.25, 0.3) is 0 Å². The van der Waals surface area contributed by atoms with Crippen LogP contribution in [0.4, 0.5) is 4.79 Å². The van der Waals surface area contributed by atoms with Crippen molar-refractivity contribution in [2.75, 3.05) is 27.9 Å². The minimum atomic E-state index is -1.36. The fourth-order valence-corrected chi connectivity index (χ4v) is 2.08. The molecule has 9 heteroatoms. The molecule has 0 fully saturated rings. The molecule has 1 heterocycles. The summed E-state index contributed by atoms with van der Waals surface area (Å²) in [6, 6.07) is 0. The van der Waals surface area contributed by atoms with Crippen LogP contribution in [0.1, 0.15) is 26.5 Å². The lowest BCUT2D eigenvalue weighted by atomic mass is 9.96. The Morgan fingerprint density at radius 2 is 1.84 bits per heavy atom. The number of ether oxygens (including phenoxy) is 4. The number of nitrogens with one attached hydrogen (secondary N) is 1. The van der Waals surface area contributed by atoms with Crippen molar-refractivity contribution < 1.29 is 28.5 Å². The lowest BCUT2D eigenvalue weighted by molar-refractivity contribution is -0.115. The Bertz CT molecular complexity index is 602. The molecule has 1 amide bonds. The summed E-state index contributed by atoms with van der Waals surface area (Å²) < 4.78 is 20.4. The number of rotatable bonds is 8. The molecule has 0 radical (unpaired) electrons. The van der Waals surface area contributed by atoms with E-state index in [9.17, 15) is 9.59 Å². The molecule has 1 N–H and O–H groups in total. The second kappa shape index (κ2) is 8.61. The molecule has 1 aromatic heterocycles. The standard InChI is InChI=1S/C16H25N3O6/c1-15(2,3)25-14(21)19-16(9-20,10-22-4)7-11-8-17-12(23-5)13(18-11)24-6/h8-9H,7,10H2,1-6H3,(H,19,21)/t16-/m0/s1. The minimum absolute atomic E-state index is 0.0386. The van der Waals surface area contributed by atoms with E-state index in [-0.39, 0.29) is 24.8 Å². The number of aromatic nitrogens is 2. The molecule has 0 aliphatic heterocycles. The fraction of sp³-hybridized carbons (Fsp3) is 0.625. The third kappa shape index (κ3) is 6.18. The van der Waals surface area contributed by atoms with Gasteiger partial charge >= 0.3 is 6.09 Å². The highest BCUT2D eigenvalue weighted by atomic mass is 16.6. The number of hydrogen-bond donors (Lipinski definition) is 1. The highest BCUT2D eigenvalue weighted by molar-refractivity contribution is 5.77. The first kappa shape index (κ1) is 20.6. The lowest BCUT2D eigenvalue weighted by Crippen LogP contribution is -2.56. The van der Waals surface area contributed by atoms with Gasteiger partial charge in [-0.2, -0.15) is 0 Å². The first-order valence-electron chi connectivity index (χ1n) is 7.59. The largest absolute Gasteiger partial charge is 0.477 e. The molecular weight excluding hydrogens is 330 g/mol. The molecule has 0 spiro atoms. The van der Waals surface area contributed by atoms with E-state index in [2.05, 4.69) is 15.3 Å². The molecule has 25 heavy (non-hydrogen) atoms. The minimum Gasteiger partial charge on any atom is -0.477 e. The van der Waals surface area contributed by atoms with Crippen molar-refractivity contribution in [1.29, 1.82) is 0 Å². The van der Waals surface area contributed by atoms with Crippen molar-refractivity contribution in [2.45, 2.75) is 38.3 Å². The quantitative estimate of drug-likeness (QED) is 0.692. The van der Waals surface area contributed by atoms with Crippen LogP contribution >= 0.6 is 0 Å². The maximum atomic E-state index is 12.1. The summed E-state index contributed by atoms with van der Waals surface area (Å²) in [5.74, 6) is 0.393. The van der Waals surface area contributed by atoms with Gasteiger partial charge in [0.05, 0.1) is 32.7 Å². The zero-order valence-corrected chi connectivity index (χ0v) is 15.4. The van der Waals surface area contributed by atoms with Crippen LogP contribution < -0.4 is 14.8 Å². The van der Waals surface area contributed by atoms with Gasteiger partial charge in [0.15, 0.2) is 0 Å². The smallest absolute Gasteiger partial charge is 0.408 e. The van der Waals surface area contributed by atoms with Gasteiger partial charge in [-0.3, -0.25) is 0 Å². The van der Waals surface area contributed by atoms with E-state index in [1.165, 1.54) is 27.5 Å². The average molecular weight is 355 g/mol. The predicted molar refractivity (Wildman–Crippen MR) is 88.9 cm³/mol. The zero-order valence-electron chi connectivity index (χ0n) is 15.4. The van der Waals surface area contributed by atoms with E-state index in [1.807, 2.05) is 0 Å². The van der Waals surface area contributed by atoms with Crippen molar-refractivity contribution in [3.63, 3.8) is 0 Å². The van der Waals surface area contributed by atoms with Crippen LogP contribution in [-0.4, -0.2) is 61.4 Å². The van der Waals surface area contributed by atoms with E-state index in [0.717, 1.165) is 0 Å². The number of methoxy groups -OCH3 is 3. The van der Waals surface area contributed by atoms with Crippen LogP contribution in [0.5, 0.6) is 11.8 Å². The van der Waals surface area contributed by atoms with E-state index in [4.69, 9.17) is 18.9 Å². The van der Waals surface area contributed by atoms with Gasteiger partial charge in [0.2, 0.25) is 0 Å². The summed E-state index contributed by atoms with van der Waals surface area (Å²) in [6.45, 7) is 5.12. The monoisotopic (exact) mass is 355 g/mol. The van der Waals surface area contributed by atoms with E-state index in [0.29, 0.717) is 12.0 Å². The number of alkyl carbamates (subject to hydrolysis) is 1. The Morgan fingerprint density at radius 1 is 1.20 bits per heavy atom. The summed E-state index contributed by atoms with van der Waals surface area (Å²) in [5.41, 5.74) is -1.64. The van der Waals surface area contributed by atoms with Crippen LogP contribution in [0, 0.1) is 0 Å². The van der Waals surface area contributed by atoms with Gasteiger partial charge in [0, 0.05) is 13.5 Å². The first-order valence-corrected chi connectivity index (χ1v) is 7.59. The van der Waals surface area contributed by atoms with Gasteiger partial charge in [0.1, 0.15) is 17.4 Å². The Hall–Kier alpha value is -2.42. The van der Waals surface area contributed by atoms with Gasteiger partial charge < -0.3 is 29.1 Å². The molecule has 1 atom stereocenters. The van der Waals surface area contributed by atoms with Crippen molar-refractivity contribution in [3.05, 3.63) is 11.9 Å². The molecule has 0 aromatic carbocycles. The number of carbonyl (C=O) groups excluding carboxylic acids is 2. The van der Waals surface area contributed by atoms with Gasteiger partial charge in [-0.15, -0.1) is 0 Å². The number of aldehydes is 1. The van der Waals surface area contributed by atoms with Crippen molar-refractivity contribution in [3.8, 4) is 11.8 Å². The van der Waals surface area contributed by atoms with Crippen molar-refractivity contribution in [2.24, 2.45) is 0 Å². The summed E-state index contributed by atoms with van der Waals surface area (Å²) in [5, 5.41) is 2.56. The SMILES string of the molecule is COC[C@@](C=O)(Cc1cnc(OC)c(OC)n1)NC(=O)OC(C)(C)C. The molecule has 0 saturated heterocycles. The van der Waals surface area contributed by atoms with Crippen molar-refractivity contribution >= 4 is 12.4 Å². The Morgan fingerprint density at radius 3 is 2.32 bits per heavy atom. The van der Waals surface area contributed by atoms with Crippen molar-refractivity contribution in [1.82, 2.24) is 15.3 Å². The van der Waals surface area contributed by atoms with Gasteiger partial charge in [-0.1, -0.05) is 0 Å². The number of nitrogens with zero attached hydrogens (tertiary/aromatic N) is 2. The average Bonchev–Trinajstić information content (AvgIpc) is 2.52. The first-order chi connectivity index (χ1) is 11.7. The Balaban J connectivity index is 3.06. The molecule has 0 bridgehead atoms. The Kier molecular flexibility index (Phi) is 7.10. The summed E-state index contributed by atoms with van der Waals surface area (Å²) in [4.78, 5) is 32.2. The number of amides is 1. The normalized spacial score (nSPS) is 13.5. The molecule has 140 valence electrons. The molecule has 1 aromatic rings. The van der Waals surface area contributed by atoms with Gasteiger partial charge in [-0.25, -0.2) is 14.8 Å². The number of carbonyl (C=O) groups is 2. The van der Waals surface area contributed by atoms with Crippen LogP contribution in [0.2, 0.25) is 0 Å². The van der Waals surface area contributed by atoms with Gasteiger partial charge in [0.25, 0.3) is 11.8 Å². The molecule has 9 nitrogen and oxygen atoms in total. The molecule has 0 aliphatic rings. The molecule has 0 aliphatic carbocycles. The molecule has 0 saturated carbocycles. The number of hydrogen-bond acceptors (Lipinski definition) is 8. The topological polar surface area (TPSA) is 109 Å². The molecule has 1 rings (SSSR count). The zero-order chi connectivity index (χ0) is 19.1. The molecule has 0 unspecified atom stereocenters. The lowest BCUT2D eigenvalue weighted by Gasteiger charge is -2.30. The summed E-state index contributed by atoms with van der Waals surface area (Å²) >= 11 is 0. The van der Waals surface area contributed by atoms with E-state index < -0.39 is 17.2 Å². The third-order valence-electron chi connectivity index (χ3n) is 3.02. The second-order valence-electron chi connectivity index (χ2n) is 6.39. The maximum Gasteiger partial charge on any atom is 0.408 e. The van der Waals surface area contributed by atoms with Gasteiger partial charge in [-0.05, 0) is 20.8 Å². The third-order valence-corrected chi connectivity index (χ3v) is 3.02. The van der Waals surface area contributed by atoms with Crippen LogP contribution in [0.15, 0.2) is 6.20 Å². The van der Waals surface area contributed by atoms with E-state index >= 15 is 0 Å². The highest BCUT2D eigenvalue weighted by Crippen LogP contribution is 2.22. The predicted octanol–water partition coefficient (Wildman–Crippen LogP) is 1.15.